The predicted octanol–water partition coefficient (Wildman–Crippen LogP) is 1.47. The Bertz CT molecular complexity index is 466. The second-order valence-corrected chi connectivity index (χ2v) is 5.00. The summed E-state index contributed by atoms with van der Waals surface area (Å²) in [5.74, 6) is 2.52. The molecule has 0 amide bonds. The van der Waals surface area contributed by atoms with Gasteiger partial charge in [-0.2, -0.15) is 0 Å². The van der Waals surface area contributed by atoms with Crippen LogP contribution >= 0.6 is 0 Å². The molecule has 4 heteroatoms. The molecule has 1 fully saturated rings. The van der Waals surface area contributed by atoms with Crippen molar-refractivity contribution in [3.05, 3.63) is 17.7 Å². The first-order chi connectivity index (χ1) is 8.36. The normalized spacial score (nSPS) is 29.2. The average Bonchev–Trinajstić information content (AvgIpc) is 2.98. The van der Waals surface area contributed by atoms with E-state index < -0.39 is 0 Å². The first-order valence-corrected chi connectivity index (χ1v) is 6.18. The number of aryl methyl sites for hydroxylation is 1. The molecule has 0 aromatic heterocycles. The molecule has 3 aliphatic heterocycles. The fraction of sp³-hybridized carbons (Fsp3) is 0.538. The van der Waals surface area contributed by atoms with Crippen LogP contribution in [0.1, 0.15) is 18.4 Å². The number of nitrogens with one attached hydrogen (secondary N) is 1. The number of rotatable bonds is 0. The minimum absolute atomic E-state index is 0.0198. The highest BCUT2D eigenvalue weighted by atomic mass is 16.7. The summed E-state index contributed by atoms with van der Waals surface area (Å²) in [6.45, 7) is 2.29. The van der Waals surface area contributed by atoms with E-state index in [1.165, 1.54) is 5.56 Å². The van der Waals surface area contributed by atoms with Gasteiger partial charge in [0.05, 0.1) is 0 Å². The molecule has 0 aliphatic carbocycles. The molecule has 4 rings (SSSR count). The Morgan fingerprint density at radius 2 is 2.12 bits per heavy atom. The highest BCUT2D eigenvalue weighted by Gasteiger charge is 2.41. The van der Waals surface area contributed by atoms with Gasteiger partial charge in [-0.15, -0.1) is 0 Å². The van der Waals surface area contributed by atoms with E-state index in [4.69, 9.17) is 14.2 Å². The summed E-state index contributed by atoms with van der Waals surface area (Å²) in [7, 11) is 0. The number of fused-ring (bicyclic) bond motifs is 3. The Hall–Kier alpha value is -1.42. The van der Waals surface area contributed by atoms with E-state index in [9.17, 15) is 0 Å². The van der Waals surface area contributed by atoms with Crippen molar-refractivity contribution >= 4 is 0 Å². The molecule has 3 heterocycles. The highest BCUT2D eigenvalue weighted by Crippen LogP contribution is 2.48. The van der Waals surface area contributed by atoms with Crippen LogP contribution in [-0.2, 0) is 6.42 Å². The Kier molecular flexibility index (Phi) is 1.86. The van der Waals surface area contributed by atoms with Gasteiger partial charge in [0.25, 0.3) is 0 Å². The zero-order valence-electron chi connectivity index (χ0n) is 9.62. The molecule has 0 bridgehead atoms. The van der Waals surface area contributed by atoms with E-state index in [2.05, 4.69) is 11.4 Å². The zero-order chi connectivity index (χ0) is 11.3. The van der Waals surface area contributed by atoms with Gasteiger partial charge in [0.2, 0.25) is 12.5 Å². The molecule has 1 atom stereocenters. The SMILES string of the molecule is c1cc2c(c3c1CCC1(CCNC1)O3)OCO2. The lowest BCUT2D eigenvalue weighted by Gasteiger charge is -2.35. The van der Waals surface area contributed by atoms with Crippen molar-refractivity contribution in [3.8, 4) is 17.2 Å². The molecule has 1 aromatic carbocycles. The van der Waals surface area contributed by atoms with Crippen LogP contribution in [0.3, 0.4) is 0 Å². The average molecular weight is 233 g/mol. The van der Waals surface area contributed by atoms with Crippen LogP contribution in [0.25, 0.3) is 0 Å². The minimum Gasteiger partial charge on any atom is -0.482 e. The maximum absolute atomic E-state index is 6.26. The summed E-state index contributed by atoms with van der Waals surface area (Å²) in [6.07, 6.45) is 3.23. The molecule has 1 saturated heterocycles. The van der Waals surface area contributed by atoms with Crippen molar-refractivity contribution < 1.29 is 14.2 Å². The summed E-state index contributed by atoms with van der Waals surface area (Å²) in [4.78, 5) is 0. The highest BCUT2D eigenvalue weighted by molar-refractivity contribution is 5.58. The van der Waals surface area contributed by atoms with E-state index in [1.54, 1.807) is 0 Å². The molecule has 0 radical (unpaired) electrons. The molecule has 1 spiro atoms. The Morgan fingerprint density at radius 3 is 3.00 bits per heavy atom. The van der Waals surface area contributed by atoms with Gasteiger partial charge in [-0.05, 0) is 31.0 Å². The molecule has 0 saturated carbocycles. The van der Waals surface area contributed by atoms with Crippen molar-refractivity contribution in [1.82, 2.24) is 5.32 Å². The quantitative estimate of drug-likeness (QED) is 0.736. The first-order valence-electron chi connectivity index (χ1n) is 6.18. The molecule has 17 heavy (non-hydrogen) atoms. The maximum atomic E-state index is 6.26. The van der Waals surface area contributed by atoms with Crippen LogP contribution in [0.5, 0.6) is 17.2 Å². The first kappa shape index (κ1) is 9.59. The lowest BCUT2D eigenvalue weighted by atomic mass is 9.90. The number of hydrogen-bond donors (Lipinski definition) is 1. The van der Waals surface area contributed by atoms with Gasteiger partial charge in [0, 0.05) is 13.0 Å². The Morgan fingerprint density at radius 1 is 1.12 bits per heavy atom. The van der Waals surface area contributed by atoms with Gasteiger partial charge >= 0.3 is 0 Å². The van der Waals surface area contributed by atoms with Crippen molar-refractivity contribution in [2.45, 2.75) is 24.9 Å². The summed E-state index contributed by atoms with van der Waals surface area (Å²) >= 11 is 0. The number of hydrogen-bond acceptors (Lipinski definition) is 4. The monoisotopic (exact) mass is 233 g/mol. The van der Waals surface area contributed by atoms with E-state index in [0.717, 1.165) is 49.6 Å². The van der Waals surface area contributed by atoms with Gasteiger partial charge < -0.3 is 19.5 Å². The van der Waals surface area contributed by atoms with Crippen LogP contribution in [0, 0.1) is 0 Å². The van der Waals surface area contributed by atoms with E-state index in [0.29, 0.717) is 6.79 Å². The fourth-order valence-corrected chi connectivity index (χ4v) is 2.95. The van der Waals surface area contributed by atoms with Crippen molar-refractivity contribution in [2.75, 3.05) is 19.9 Å². The fourth-order valence-electron chi connectivity index (χ4n) is 2.95. The van der Waals surface area contributed by atoms with Crippen molar-refractivity contribution in [3.63, 3.8) is 0 Å². The molecular formula is C13H15NO3. The van der Waals surface area contributed by atoms with Crippen molar-refractivity contribution in [1.29, 1.82) is 0 Å². The van der Waals surface area contributed by atoms with E-state index in [-0.39, 0.29) is 5.60 Å². The number of ether oxygens (including phenoxy) is 3. The topological polar surface area (TPSA) is 39.7 Å². The lowest BCUT2D eigenvalue weighted by molar-refractivity contribution is 0.0615. The zero-order valence-corrected chi connectivity index (χ0v) is 9.62. The summed E-state index contributed by atoms with van der Waals surface area (Å²) < 4.78 is 17.2. The molecule has 1 unspecified atom stereocenters. The van der Waals surface area contributed by atoms with Gasteiger partial charge in [0.15, 0.2) is 11.5 Å². The van der Waals surface area contributed by atoms with Crippen LogP contribution < -0.4 is 19.5 Å². The summed E-state index contributed by atoms with van der Waals surface area (Å²) in [5.41, 5.74) is 1.22. The van der Waals surface area contributed by atoms with Gasteiger partial charge in [-0.3, -0.25) is 0 Å². The third-order valence-corrected chi connectivity index (χ3v) is 3.95. The smallest absolute Gasteiger partial charge is 0.231 e. The van der Waals surface area contributed by atoms with Gasteiger partial charge in [-0.25, -0.2) is 0 Å². The molecule has 1 N–H and O–H groups in total. The number of benzene rings is 1. The van der Waals surface area contributed by atoms with Gasteiger partial charge in [0.1, 0.15) is 5.60 Å². The molecule has 3 aliphatic rings. The second kappa shape index (κ2) is 3.29. The Balaban J connectivity index is 1.78. The molecular weight excluding hydrogens is 218 g/mol. The summed E-state index contributed by atoms with van der Waals surface area (Å²) in [5, 5.41) is 3.38. The van der Waals surface area contributed by atoms with Crippen molar-refractivity contribution in [2.24, 2.45) is 0 Å². The minimum atomic E-state index is -0.0198. The van der Waals surface area contributed by atoms with Gasteiger partial charge in [-0.1, -0.05) is 6.07 Å². The predicted molar refractivity (Wildman–Crippen MR) is 61.7 cm³/mol. The van der Waals surface area contributed by atoms with Crippen LogP contribution in [-0.4, -0.2) is 25.5 Å². The van der Waals surface area contributed by atoms with Crippen LogP contribution in [0.4, 0.5) is 0 Å². The second-order valence-electron chi connectivity index (χ2n) is 5.00. The summed E-state index contributed by atoms with van der Waals surface area (Å²) in [6, 6.07) is 4.08. The van der Waals surface area contributed by atoms with Crippen LogP contribution in [0.15, 0.2) is 12.1 Å². The maximum Gasteiger partial charge on any atom is 0.231 e. The molecule has 1 aromatic rings. The van der Waals surface area contributed by atoms with E-state index in [1.807, 2.05) is 6.07 Å². The standard InChI is InChI=1S/C13H15NO3/c1-2-10-12(16-8-15-10)11-9(1)3-4-13(17-11)5-6-14-7-13/h1-2,14H,3-8H2. The molecule has 90 valence electrons. The third kappa shape index (κ3) is 1.33. The Labute approximate surface area is 99.9 Å². The largest absolute Gasteiger partial charge is 0.482 e. The van der Waals surface area contributed by atoms with E-state index >= 15 is 0 Å². The lowest BCUT2D eigenvalue weighted by Crippen LogP contribution is -2.41. The third-order valence-electron chi connectivity index (χ3n) is 3.95. The van der Waals surface area contributed by atoms with Crippen LogP contribution in [0.2, 0.25) is 0 Å². The molecule has 4 nitrogen and oxygen atoms in total.